The predicted molar refractivity (Wildman–Crippen MR) is 72.5 cm³/mol. The zero-order valence-electron chi connectivity index (χ0n) is 10.9. The first-order chi connectivity index (χ1) is 8.43. The summed E-state index contributed by atoms with van der Waals surface area (Å²) in [6.07, 6.45) is 0.887. The van der Waals surface area contributed by atoms with Gasteiger partial charge in [-0.25, -0.2) is 0 Å². The highest BCUT2D eigenvalue weighted by molar-refractivity contribution is 6.30. The van der Waals surface area contributed by atoms with E-state index in [1.807, 2.05) is 0 Å². The Kier molecular flexibility index (Phi) is 5.48. The Morgan fingerprint density at radius 3 is 2.61 bits per heavy atom. The van der Waals surface area contributed by atoms with Crippen molar-refractivity contribution in [2.24, 2.45) is 5.92 Å². The number of rotatable bonds is 6. The summed E-state index contributed by atoms with van der Waals surface area (Å²) in [6, 6.07) is 5.33. The molecule has 1 aromatic rings. The smallest absolute Gasteiger partial charge is 0.303 e. The van der Waals surface area contributed by atoms with Crippen LogP contribution in [0.4, 0.5) is 0 Å². The van der Waals surface area contributed by atoms with Gasteiger partial charge in [-0.3, -0.25) is 4.79 Å². The summed E-state index contributed by atoms with van der Waals surface area (Å²) < 4.78 is 5.29. The van der Waals surface area contributed by atoms with Crippen LogP contribution in [0.5, 0.6) is 5.75 Å². The Morgan fingerprint density at radius 2 is 2.11 bits per heavy atom. The van der Waals surface area contributed by atoms with Crippen molar-refractivity contribution in [3.63, 3.8) is 0 Å². The highest BCUT2D eigenvalue weighted by Crippen LogP contribution is 2.35. The molecule has 0 radical (unpaired) electrons. The number of carboxylic acid groups (broad SMARTS) is 1. The van der Waals surface area contributed by atoms with Crippen LogP contribution < -0.4 is 4.74 Å². The van der Waals surface area contributed by atoms with Gasteiger partial charge in [0.25, 0.3) is 0 Å². The third-order valence-electron chi connectivity index (χ3n) is 2.81. The Labute approximate surface area is 113 Å². The molecule has 0 amide bonds. The predicted octanol–water partition coefficient (Wildman–Crippen LogP) is 3.95. The highest BCUT2D eigenvalue weighted by atomic mass is 35.5. The molecule has 1 rings (SSSR count). The van der Waals surface area contributed by atoms with Gasteiger partial charge in [0.2, 0.25) is 0 Å². The van der Waals surface area contributed by atoms with Crippen molar-refractivity contribution in [1.82, 2.24) is 0 Å². The monoisotopic (exact) mass is 270 g/mol. The molecule has 0 aliphatic carbocycles. The second-order valence-electron chi connectivity index (χ2n) is 4.81. The van der Waals surface area contributed by atoms with Crippen LogP contribution in [0.1, 0.15) is 38.2 Å². The van der Waals surface area contributed by atoms with E-state index >= 15 is 0 Å². The van der Waals surface area contributed by atoms with Gasteiger partial charge in [-0.2, -0.15) is 0 Å². The largest absolute Gasteiger partial charge is 0.496 e. The molecule has 0 aromatic heterocycles. The Balaban J connectivity index is 3.09. The lowest BCUT2D eigenvalue weighted by Crippen LogP contribution is -2.10. The van der Waals surface area contributed by atoms with Gasteiger partial charge in [0, 0.05) is 5.02 Å². The Bertz CT molecular complexity index is 416. The fraction of sp³-hybridized carbons (Fsp3) is 0.500. The second kappa shape index (κ2) is 6.64. The van der Waals surface area contributed by atoms with Crippen LogP contribution in [-0.2, 0) is 4.79 Å². The van der Waals surface area contributed by atoms with Crippen LogP contribution in [0.3, 0.4) is 0 Å². The van der Waals surface area contributed by atoms with E-state index in [0.717, 1.165) is 12.0 Å². The summed E-state index contributed by atoms with van der Waals surface area (Å²) in [5.41, 5.74) is 0.876. The number of methoxy groups -OCH3 is 1. The Morgan fingerprint density at radius 1 is 1.44 bits per heavy atom. The molecule has 0 bridgehead atoms. The molecule has 1 aromatic carbocycles. The van der Waals surface area contributed by atoms with Crippen LogP contribution in [0.2, 0.25) is 5.02 Å². The minimum absolute atomic E-state index is 0.0730. The van der Waals surface area contributed by atoms with Gasteiger partial charge in [-0.15, -0.1) is 0 Å². The maximum absolute atomic E-state index is 11.0. The van der Waals surface area contributed by atoms with Crippen LogP contribution >= 0.6 is 11.6 Å². The molecule has 0 spiro atoms. The topological polar surface area (TPSA) is 46.5 Å². The number of aliphatic carboxylic acids is 1. The molecule has 0 heterocycles. The van der Waals surface area contributed by atoms with E-state index in [1.165, 1.54) is 0 Å². The Hall–Kier alpha value is -1.22. The molecule has 18 heavy (non-hydrogen) atoms. The normalized spacial score (nSPS) is 12.5. The SMILES string of the molecule is COc1ccc(Cl)cc1C(CC(=O)O)CC(C)C. The van der Waals surface area contributed by atoms with Crippen LogP contribution in [0.15, 0.2) is 18.2 Å². The van der Waals surface area contributed by atoms with E-state index in [1.54, 1.807) is 25.3 Å². The average Bonchev–Trinajstić information content (AvgIpc) is 2.26. The number of ether oxygens (including phenoxy) is 1. The standard InChI is InChI=1S/C14H19ClO3/c1-9(2)6-10(7-14(16)17)12-8-11(15)4-5-13(12)18-3/h4-5,8-10H,6-7H2,1-3H3,(H,16,17). The van der Waals surface area contributed by atoms with Crippen molar-refractivity contribution < 1.29 is 14.6 Å². The summed E-state index contributed by atoms with van der Waals surface area (Å²) in [5.74, 6) is 0.239. The fourth-order valence-corrected chi connectivity index (χ4v) is 2.30. The molecule has 0 aliphatic rings. The molecule has 0 fully saturated rings. The van der Waals surface area contributed by atoms with E-state index in [-0.39, 0.29) is 12.3 Å². The number of carboxylic acids is 1. The summed E-state index contributed by atoms with van der Waals surface area (Å²) >= 11 is 5.99. The summed E-state index contributed by atoms with van der Waals surface area (Å²) in [6.45, 7) is 4.15. The molecular weight excluding hydrogens is 252 g/mol. The van der Waals surface area contributed by atoms with Crippen molar-refractivity contribution in [3.8, 4) is 5.75 Å². The van der Waals surface area contributed by atoms with Crippen LogP contribution in [0, 0.1) is 5.92 Å². The fourth-order valence-electron chi connectivity index (χ4n) is 2.12. The molecule has 1 unspecified atom stereocenters. The zero-order chi connectivity index (χ0) is 13.7. The van der Waals surface area contributed by atoms with Crippen molar-refractivity contribution in [2.45, 2.75) is 32.6 Å². The summed E-state index contributed by atoms with van der Waals surface area (Å²) in [5, 5.41) is 9.62. The van der Waals surface area contributed by atoms with Gasteiger partial charge in [-0.1, -0.05) is 25.4 Å². The van der Waals surface area contributed by atoms with Crippen molar-refractivity contribution in [3.05, 3.63) is 28.8 Å². The van der Waals surface area contributed by atoms with E-state index in [2.05, 4.69) is 13.8 Å². The number of benzene rings is 1. The lowest BCUT2D eigenvalue weighted by atomic mass is 9.87. The summed E-state index contributed by atoms with van der Waals surface area (Å²) in [7, 11) is 1.58. The van der Waals surface area contributed by atoms with Gasteiger partial charge in [-0.05, 0) is 42.0 Å². The molecule has 0 aliphatic heterocycles. The van der Waals surface area contributed by atoms with Gasteiger partial charge in [0.05, 0.1) is 13.5 Å². The van der Waals surface area contributed by atoms with Gasteiger partial charge < -0.3 is 9.84 Å². The van der Waals surface area contributed by atoms with E-state index in [4.69, 9.17) is 21.4 Å². The van der Waals surface area contributed by atoms with Crippen LogP contribution in [0.25, 0.3) is 0 Å². The molecule has 0 saturated carbocycles. The molecule has 1 N–H and O–H groups in total. The number of halogens is 1. The molecule has 3 nitrogen and oxygen atoms in total. The number of hydrogen-bond acceptors (Lipinski definition) is 2. The lowest BCUT2D eigenvalue weighted by Gasteiger charge is -2.20. The molecule has 4 heteroatoms. The van der Waals surface area contributed by atoms with Crippen molar-refractivity contribution >= 4 is 17.6 Å². The quantitative estimate of drug-likeness (QED) is 0.851. The lowest BCUT2D eigenvalue weighted by molar-refractivity contribution is -0.137. The number of carbonyl (C=O) groups is 1. The summed E-state index contributed by atoms with van der Waals surface area (Å²) in [4.78, 5) is 11.0. The molecular formula is C14H19ClO3. The second-order valence-corrected chi connectivity index (χ2v) is 5.25. The molecule has 0 saturated heterocycles. The zero-order valence-corrected chi connectivity index (χ0v) is 11.7. The third kappa shape index (κ3) is 4.22. The first kappa shape index (κ1) is 14.8. The minimum Gasteiger partial charge on any atom is -0.496 e. The third-order valence-corrected chi connectivity index (χ3v) is 3.04. The average molecular weight is 271 g/mol. The van der Waals surface area contributed by atoms with Gasteiger partial charge in [0.15, 0.2) is 0 Å². The van der Waals surface area contributed by atoms with Crippen molar-refractivity contribution in [2.75, 3.05) is 7.11 Å². The van der Waals surface area contributed by atoms with Gasteiger partial charge in [0.1, 0.15) is 5.75 Å². The maximum Gasteiger partial charge on any atom is 0.303 e. The van der Waals surface area contributed by atoms with E-state index in [0.29, 0.717) is 16.7 Å². The molecule has 100 valence electrons. The van der Waals surface area contributed by atoms with Gasteiger partial charge >= 0.3 is 5.97 Å². The van der Waals surface area contributed by atoms with E-state index < -0.39 is 5.97 Å². The van der Waals surface area contributed by atoms with E-state index in [9.17, 15) is 4.79 Å². The van der Waals surface area contributed by atoms with Crippen LogP contribution in [-0.4, -0.2) is 18.2 Å². The van der Waals surface area contributed by atoms with Crippen molar-refractivity contribution in [1.29, 1.82) is 0 Å². The maximum atomic E-state index is 11.0. The minimum atomic E-state index is -0.803. The first-order valence-electron chi connectivity index (χ1n) is 5.99. The molecule has 1 atom stereocenters. The first-order valence-corrected chi connectivity index (χ1v) is 6.37. The number of hydrogen-bond donors (Lipinski definition) is 1. The highest BCUT2D eigenvalue weighted by Gasteiger charge is 2.21.